The molecule has 8 heteroatoms. The molecule has 33 heavy (non-hydrogen) atoms. The Morgan fingerprint density at radius 1 is 1.03 bits per heavy atom. The number of ether oxygens (including phenoxy) is 1. The molecule has 0 aliphatic carbocycles. The largest absolute Gasteiger partial charge is 0.495 e. The molecule has 0 aromatic heterocycles. The summed E-state index contributed by atoms with van der Waals surface area (Å²) in [6.45, 7) is 1.03. The number of sulfonamides is 1. The topological polar surface area (TPSA) is 75.7 Å². The average molecular weight is 483 g/mol. The van der Waals surface area contributed by atoms with Crippen LogP contribution in [-0.2, 0) is 10.0 Å². The van der Waals surface area contributed by atoms with E-state index in [1.54, 1.807) is 29.2 Å². The van der Waals surface area contributed by atoms with Gasteiger partial charge >= 0.3 is 0 Å². The summed E-state index contributed by atoms with van der Waals surface area (Å²) in [5, 5.41) is 0.366. The first kappa shape index (κ1) is 22.9. The highest BCUT2D eigenvalue weighted by molar-refractivity contribution is 7.92. The number of carbonyl (C=O) groups is 1. The Balaban J connectivity index is 1.52. The van der Waals surface area contributed by atoms with Crippen molar-refractivity contribution < 1.29 is 17.9 Å². The van der Waals surface area contributed by atoms with Crippen molar-refractivity contribution in [1.82, 2.24) is 4.90 Å². The Kier molecular flexibility index (Phi) is 6.72. The van der Waals surface area contributed by atoms with E-state index in [1.165, 1.54) is 30.9 Å². The number of halogens is 1. The van der Waals surface area contributed by atoms with Gasteiger partial charge < -0.3 is 9.64 Å². The fourth-order valence-corrected chi connectivity index (χ4v) is 4.99. The molecule has 1 aliphatic heterocycles. The first-order valence-corrected chi connectivity index (χ1v) is 12.2. The first-order valence-electron chi connectivity index (χ1n) is 10.4. The summed E-state index contributed by atoms with van der Waals surface area (Å²) in [4.78, 5) is 14.8. The van der Waals surface area contributed by atoms with Gasteiger partial charge in [0.15, 0.2) is 0 Å². The second-order valence-corrected chi connectivity index (χ2v) is 9.69. The van der Waals surface area contributed by atoms with Gasteiger partial charge in [0.2, 0.25) is 0 Å². The highest BCUT2D eigenvalue weighted by atomic mass is 35.5. The zero-order valence-electron chi connectivity index (χ0n) is 18.0. The molecule has 0 fully saturated rings. The molecule has 0 unspecified atom stereocenters. The summed E-state index contributed by atoms with van der Waals surface area (Å²) in [7, 11) is -2.52. The fraction of sp³-hybridized carbons (Fsp3) is 0.160. The van der Waals surface area contributed by atoms with E-state index in [4.69, 9.17) is 16.3 Å². The summed E-state index contributed by atoms with van der Waals surface area (Å²) < 4.78 is 33.7. The van der Waals surface area contributed by atoms with E-state index >= 15 is 0 Å². The summed E-state index contributed by atoms with van der Waals surface area (Å²) in [5.41, 5.74) is 2.89. The van der Waals surface area contributed by atoms with Crippen LogP contribution in [0, 0.1) is 0 Å². The van der Waals surface area contributed by atoms with Gasteiger partial charge in [-0.2, -0.15) is 0 Å². The standard InChI is InChI=1S/C25H23ClN2O4S/c1-32-24-11-10-21(26)17-23(24)27-33(30,31)22-9-5-8-20(16-22)25(29)28-14-12-19(13-15-28)18-6-3-2-4-7-18/h2-12,16-17,27H,13-15H2,1H3. The number of anilines is 1. The van der Waals surface area contributed by atoms with Gasteiger partial charge in [0.05, 0.1) is 17.7 Å². The number of amides is 1. The van der Waals surface area contributed by atoms with Gasteiger partial charge in [0.1, 0.15) is 5.75 Å². The first-order chi connectivity index (χ1) is 15.9. The minimum absolute atomic E-state index is 0.0205. The molecule has 1 N–H and O–H groups in total. The molecule has 170 valence electrons. The molecule has 0 saturated carbocycles. The zero-order chi connectivity index (χ0) is 23.4. The number of methoxy groups -OCH3 is 1. The lowest BCUT2D eigenvalue weighted by atomic mass is 9.99. The highest BCUT2D eigenvalue weighted by Gasteiger charge is 2.22. The van der Waals surface area contributed by atoms with Crippen LogP contribution < -0.4 is 9.46 Å². The smallest absolute Gasteiger partial charge is 0.262 e. The molecular formula is C25H23ClN2O4S. The minimum atomic E-state index is -3.97. The predicted octanol–water partition coefficient (Wildman–Crippen LogP) is 5.08. The third-order valence-electron chi connectivity index (χ3n) is 5.44. The van der Waals surface area contributed by atoms with Crippen LogP contribution in [0.2, 0.25) is 5.02 Å². The molecule has 0 atom stereocenters. The quantitative estimate of drug-likeness (QED) is 0.531. The molecule has 0 bridgehead atoms. The number of carbonyl (C=O) groups excluding carboxylic acids is 1. The van der Waals surface area contributed by atoms with Crippen molar-refractivity contribution >= 4 is 38.8 Å². The molecule has 0 radical (unpaired) electrons. The van der Waals surface area contributed by atoms with E-state index in [1.807, 2.05) is 24.3 Å². The number of rotatable bonds is 6. The Morgan fingerprint density at radius 3 is 2.52 bits per heavy atom. The van der Waals surface area contributed by atoms with Gasteiger partial charge in [0, 0.05) is 23.7 Å². The second-order valence-electron chi connectivity index (χ2n) is 7.57. The molecule has 4 rings (SSSR count). The van der Waals surface area contributed by atoms with Gasteiger partial charge in [-0.15, -0.1) is 0 Å². The molecule has 6 nitrogen and oxygen atoms in total. The van der Waals surface area contributed by atoms with Crippen LogP contribution in [-0.4, -0.2) is 39.4 Å². The van der Waals surface area contributed by atoms with Crippen molar-refractivity contribution in [2.45, 2.75) is 11.3 Å². The van der Waals surface area contributed by atoms with Crippen molar-refractivity contribution in [3.8, 4) is 5.75 Å². The fourth-order valence-electron chi connectivity index (χ4n) is 3.71. The monoisotopic (exact) mass is 482 g/mol. The summed E-state index contributed by atoms with van der Waals surface area (Å²) in [6.07, 6.45) is 2.79. The number of benzene rings is 3. The minimum Gasteiger partial charge on any atom is -0.495 e. The van der Waals surface area contributed by atoms with Crippen molar-refractivity contribution in [2.75, 3.05) is 24.9 Å². The van der Waals surface area contributed by atoms with Crippen LogP contribution in [0.3, 0.4) is 0 Å². The lowest BCUT2D eigenvalue weighted by molar-refractivity contribution is 0.0772. The van der Waals surface area contributed by atoms with Gasteiger partial charge in [-0.25, -0.2) is 8.42 Å². The Hall–Kier alpha value is -3.29. The van der Waals surface area contributed by atoms with Gasteiger partial charge in [-0.3, -0.25) is 9.52 Å². The van der Waals surface area contributed by atoms with E-state index in [-0.39, 0.29) is 16.5 Å². The third kappa shape index (κ3) is 5.21. The van der Waals surface area contributed by atoms with Gasteiger partial charge in [-0.1, -0.05) is 54.1 Å². The lowest BCUT2D eigenvalue weighted by Gasteiger charge is -2.27. The maximum absolute atomic E-state index is 13.1. The van der Waals surface area contributed by atoms with Crippen LogP contribution in [0.15, 0.2) is 83.8 Å². The van der Waals surface area contributed by atoms with Crippen molar-refractivity contribution in [3.05, 3.63) is 95.0 Å². The molecule has 1 aliphatic rings. The van der Waals surface area contributed by atoms with Crippen LogP contribution >= 0.6 is 11.6 Å². The van der Waals surface area contributed by atoms with Crippen LogP contribution in [0.25, 0.3) is 5.57 Å². The Bertz CT molecular complexity index is 1310. The normalized spacial score (nSPS) is 13.9. The molecule has 0 saturated heterocycles. The van der Waals surface area contributed by atoms with Crippen molar-refractivity contribution in [1.29, 1.82) is 0 Å². The number of nitrogens with one attached hydrogen (secondary N) is 1. The molecule has 3 aromatic rings. The molecular weight excluding hydrogens is 460 g/mol. The molecule has 3 aromatic carbocycles. The van der Waals surface area contributed by atoms with E-state index in [0.29, 0.717) is 29.4 Å². The van der Waals surface area contributed by atoms with E-state index < -0.39 is 10.0 Å². The van der Waals surface area contributed by atoms with E-state index in [0.717, 1.165) is 12.0 Å². The SMILES string of the molecule is COc1ccc(Cl)cc1NS(=O)(=O)c1cccc(C(=O)N2CC=C(c3ccccc3)CC2)c1. The van der Waals surface area contributed by atoms with Crippen LogP contribution in [0.4, 0.5) is 5.69 Å². The number of hydrogen-bond donors (Lipinski definition) is 1. The molecule has 1 amide bonds. The Labute approximate surface area is 198 Å². The van der Waals surface area contributed by atoms with Crippen molar-refractivity contribution in [3.63, 3.8) is 0 Å². The number of nitrogens with zero attached hydrogens (tertiary/aromatic N) is 1. The van der Waals surface area contributed by atoms with Gasteiger partial charge in [-0.05, 0) is 54.0 Å². The summed E-state index contributed by atoms with van der Waals surface area (Å²) >= 11 is 6.01. The maximum Gasteiger partial charge on any atom is 0.262 e. The molecule has 0 spiro atoms. The van der Waals surface area contributed by atoms with E-state index in [9.17, 15) is 13.2 Å². The second kappa shape index (κ2) is 9.68. The Morgan fingerprint density at radius 2 is 1.82 bits per heavy atom. The van der Waals surface area contributed by atoms with Crippen LogP contribution in [0.1, 0.15) is 22.3 Å². The maximum atomic E-state index is 13.1. The molecule has 1 heterocycles. The highest BCUT2D eigenvalue weighted by Crippen LogP contribution is 2.30. The lowest BCUT2D eigenvalue weighted by Crippen LogP contribution is -2.34. The van der Waals surface area contributed by atoms with Crippen LogP contribution in [0.5, 0.6) is 5.75 Å². The van der Waals surface area contributed by atoms with Crippen molar-refractivity contribution in [2.24, 2.45) is 0 Å². The van der Waals surface area contributed by atoms with E-state index in [2.05, 4.69) is 16.9 Å². The van der Waals surface area contributed by atoms with Gasteiger partial charge in [0.25, 0.3) is 15.9 Å². The summed E-state index contributed by atoms with van der Waals surface area (Å²) in [6, 6.07) is 20.7. The zero-order valence-corrected chi connectivity index (χ0v) is 19.6. The number of hydrogen-bond acceptors (Lipinski definition) is 4. The third-order valence-corrected chi connectivity index (χ3v) is 7.04. The predicted molar refractivity (Wildman–Crippen MR) is 130 cm³/mol. The summed E-state index contributed by atoms with van der Waals surface area (Å²) in [5.74, 6) is 0.125. The average Bonchev–Trinajstić information content (AvgIpc) is 2.84.